The van der Waals surface area contributed by atoms with Crippen molar-refractivity contribution < 1.29 is 13.6 Å². The van der Waals surface area contributed by atoms with Gasteiger partial charge in [-0.05, 0) is 24.3 Å². The van der Waals surface area contributed by atoms with E-state index in [0.29, 0.717) is 20.3 Å². The molecular weight excluding hydrogens is 386 g/mol. The Kier molecular flexibility index (Phi) is 5.92. The van der Waals surface area contributed by atoms with Crippen molar-refractivity contribution in [3.63, 3.8) is 0 Å². The van der Waals surface area contributed by atoms with Crippen molar-refractivity contribution in [3.8, 4) is 0 Å². The number of allylic oxidation sites excluding steroid dienone is 1. The summed E-state index contributed by atoms with van der Waals surface area (Å²) < 4.78 is 29.7. The van der Waals surface area contributed by atoms with Crippen molar-refractivity contribution in [2.45, 2.75) is 30.5 Å². The number of rotatable bonds is 5. The Morgan fingerprint density at radius 3 is 2.81 bits per heavy atom. The molecule has 0 spiro atoms. The summed E-state index contributed by atoms with van der Waals surface area (Å²) in [5.74, 6) is -1.78. The third kappa shape index (κ3) is 4.36. The van der Waals surface area contributed by atoms with Crippen molar-refractivity contribution in [1.29, 1.82) is 0 Å². The van der Waals surface area contributed by atoms with E-state index in [-0.39, 0.29) is 12.1 Å². The van der Waals surface area contributed by atoms with Gasteiger partial charge in [-0.3, -0.25) is 4.79 Å². The maximum atomic E-state index is 14.3. The minimum atomic E-state index is -0.688. The third-order valence-corrected chi connectivity index (χ3v) is 5.68. The summed E-state index contributed by atoms with van der Waals surface area (Å²) in [6.45, 7) is 8.08. The summed E-state index contributed by atoms with van der Waals surface area (Å²) in [5.41, 5.74) is 0.673. The van der Waals surface area contributed by atoms with E-state index < -0.39 is 17.5 Å². The monoisotopic (exact) mass is 404 g/mol. The highest BCUT2D eigenvalue weighted by molar-refractivity contribution is 7.99. The van der Waals surface area contributed by atoms with Crippen LogP contribution in [0.5, 0.6) is 0 Å². The summed E-state index contributed by atoms with van der Waals surface area (Å²) in [5, 5.41) is 0.391. The molecule has 3 aromatic rings. The van der Waals surface area contributed by atoms with Crippen LogP contribution in [0.3, 0.4) is 0 Å². The van der Waals surface area contributed by atoms with Crippen LogP contribution in [0, 0.1) is 11.6 Å². The summed E-state index contributed by atoms with van der Waals surface area (Å²) in [7, 11) is 0. The SMILES string of the molecule is C=CCn1c(=NC(=O)c2cccc(SC(C)C)c2)sc2cc(F)cc(F)c21. The maximum absolute atomic E-state index is 14.3. The van der Waals surface area contributed by atoms with Crippen molar-refractivity contribution in [2.75, 3.05) is 0 Å². The number of thiazole rings is 1. The predicted molar refractivity (Wildman–Crippen MR) is 107 cm³/mol. The highest BCUT2D eigenvalue weighted by Gasteiger charge is 2.14. The zero-order chi connectivity index (χ0) is 19.6. The summed E-state index contributed by atoms with van der Waals surface area (Å²) >= 11 is 2.73. The molecular formula is C20H18F2N2OS2. The first-order chi connectivity index (χ1) is 12.9. The smallest absolute Gasteiger partial charge is 0.279 e. The standard InChI is InChI=1S/C20H18F2N2OS2/c1-4-8-24-18-16(22)10-14(21)11-17(18)27-20(24)23-19(25)13-6-5-7-15(9-13)26-12(2)3/h4-7,9-12H,1,8H2,2-3H3. The van der Waals surface area contributed by atoms with Crippen molar-refractivity contribution >= 4 is 39.2 Å². The number of carbonyl (C=O) groups excluding carboxylic acids is 1. The number of hydrogen-bond acceptors (Lipinski definition) is 3. The first kappa shape index (κ1) is 19.5. The molecule has 3 rings (SSSR count). The van der Waals surface area contributed by atoms with Gasteiger partial charge in [0, 0.05) is 28.3 Å². The quantitative estimate of drug-likeness (QED) is 0.421. The normalized spacial score (nSPS) is 12.1. The zero-order valence-electron chi connectivity index (χ0n) is 14.9. The molecule has 0 bridgehead atoms. The number of carbonyl (C=O) groups is 1. The van der Waals surface area contributed by atoms with Crippen LogP contribution in [0.1, 0.15) is 24.2 Å². The summed E-state index contributed by atoms with van der Waals surface area (Å²) in [6.07, 6.45) is 1.58. The lowest BCUT2D eigenvalue weighted by Gasteiger charge is -2.05. The van der Waals surface area contributed by atoms with Gasteiger partial charge in [0.1, 0.15) is 5.82 Å². The number of halogens is 2. The molecule has 0 aliphatic heterocycles. The first-order valence-corrected chi connectivity index (χ1v) is 10.0. The van der Waals surface area contributed by atoms with Crippen molar-refractivity contribution in [1.82, 2.24) is 4.57 Å². The van der Waals surface area contributed by atoms with E-state index in [2.05, 4.69) is 25.4 Å². The van der Waals surface area contributed by atoms with Gasteiger partial charge in [0.25, 0.3) is 5.91 Å². The van der Waals surface area contributed by atoms with Crippen LogP contribution in [0.15, 0.2) is 58.9 Å². The summed E-state index contributed by atoms with van der Waals surface area (Å²) in [4.78, 5) is 18.1. The molecule has 0 saturated carbocycles. The highest BCUT2D eigenvalue weighted by atomic mass is 32.2. The van der Waals surface area contributed by atoms with Gasteiger partial charge in [-0.2, -0.15) is 4.99 Å². The number of hydrogen-bond donors (Lipinski definition) is 0. The topological polar surface area (TPSA) is 34.4 Å². The predicted octanol–water partition coefficient (Wildman–Crippen LogP) is 5.41. The molecule has 0 unspecified atom stereocenters. The van der Waals surface area contributed by atoms with Crippen molar-refractivity contribution in [3.05, 3.63) is 71.1 Å². The average Bonchev–Trinajstić information content (AvgIpc) is 2.92. The second-order valence-electron chi connectivity index (χ2n) is 6.13. The van der Waals surface area contributed by atoms with E-state index in [1.807, 2.05) is 12.1 Å². The second-order valence-corrected chi connectivity index (χ2v) is 8.79. The van der Waals surface area contributed by atoms with Crippen LogP contribution in [0.2, 0.25) is 0 Å². The highest BCUT2D eigenvalue weighted by Crippen LogP contribution is 2.24. The molecule has 2 aromatic carbocycles. The minimum Gasteiger partial charge on any atom is -0.310 e. The van der Waals surface area contributed by atoms with Gasteiger partial charge in [0.15, 0.2) is 10.6 Å². The number of amides is 1. The molecule has 0 N–H and O–H groups in total. The van der Waals surface area contributed by atoms with Gasteiger partial charge in [-0.15, -0.1) is 18.3 Å². The molecule has 1 amide bonds. The zero-order valence-corrected chi connectivity index (χ0v) is 16.5. The number of fused-ring (bicyclic) bond motifs is 1. The van der Waals surface area contributed by atoms with Gasteiger partial charge >= 0.3 is 0 Å². The Hall–Kier alpha value is -2.25. The molecule has 0 atom stereocenters. The minimum absolute atomic E-state index is 0.219. The third-order valence-electron chi connectivity index (χ3n) is 3.66. The molecule has 0 aliphatic rings. The number of aromatic nitrogens is 1. The molecule has 0 radical (unpaired) electrons. The molecule has 7 heteroatoms. The van der Waals surface area contributed by atoms with Crippen LogP contribution in [0.25, 0.3) is 10.2 Å². The van der Waals surface area contributed by atoms with Gasteiger partial charge in [0.05, 0.1) is 10.2 Å². The fourth-order valence-electron chi connectivity index (χ4n) is 2.64. The van der Waals surface area contributed by atoms with Crippen LogP contribution in [-0.4, -0.2) is 15.7 Å². The number of nitrogens with zero attached hydrogens (tertiary/aromatic N) is 2. The van der Waals surface area contributed by atoms with E-state index in [4.69, 9.17) is 0 Å². The molecule has 1 heterocycles. The first-order valence-electron chi connectivity index (χ1n) is 8.34. The lowest BCUT2D eigenvalue weighted by atomic mass is 10.2. The molecule has 1 aromatic heterocycles. The van der Waals surface area contributed by atoms with Crippen LogP contribution >= 0.6 is 23.1 Å². The Morgan fingerprint density at radius 2 is 2.11 bits per heavy atom. The lowest BCUT2D eigenvalue weighted by Crippen LogP contribution is -2.16. The van der Waals surface area contributed by atoms with Gasteiger partial charge in [-0.25, -0.2) is 8.78 Å². The maximum Gasteiger partial charge on any atom is 0.279 e. The molecule has 27 heavy (non-hydrogen) atoms. The average molecular weight is 405 g/mol. The Morgan fingerprint density at radius 1 is 1.33 bits per heavy atom. The number of benzene rings is 2. The second kappa shape index (κ2) is 8.19. The molecule has 140 valence electrons. The van der Waals surface area contributed by atoms with E-state index in [1.54, 1.807) is 30.0 Å². The number of thioether (sulfide) groups is 1. The summed E-state index contributed by atoms with van der Waals surface area (Å²) in [6, 6.07) is 9.31. The Labute approximate surface area is 164 Å². The van der Waals surface area contributed by atoms with E-state index >= 15 is 0 Å². The van der Waals surface area contributed by atoms with E-state index in [1.165, 1.54) is 10.6 Å². The van der Waals surface area contributed by atoms with Gasteiger partial charge in [-0.1, -0.05) is 37.3 Å². The van der Waals surface area contributed by atoms with Gasteiger partial charge < -0.3 is 4.57 Å². The Bertz CT molecular complexity index is 1080. The largest absolute Gasteiger partial charge is 0.310 e. The van der Waals surface area contributed by atoms with Crippen LogP contribution in [0.4, 0.5) is 8.78 Å². The van der Waals surface area contributed by atoms with E-state index in [9.17, 15) is 13.6 Å². The molecule has 0 aliphatic carbocycles. The fourth-order valence-corrected chi connectivity index (χ4v) is 4.61. The molecule has 3 nitrogen and oxygen atoms in total. The van der Waals surface area contributed by atoms with Gasteiger partial charge in [0.2, 0.25) is 0 Å². The van der Waals surface area contributed by atoms with Crippen molar-refractivity contribution in [2.24, 2.45) is 4.99 Å². The fraction of sp³-hybridized carbons (Fsp3) is 0.200. The molecule has 0 saturated heterocycles. The van der Waals surface area contributed by atoms with Crippen LogP contribution in [-0.2, 0) is 6.54 Å². The lowest BCUT2D eigenvalue weighted by molar-refractivity contribution is 0.0997. The van der Waals surface area contributed by atoms with Crippen LogP contribution < -0.4 is 4.80 Å². The Balaban J connectivity index is 2.10. The molecule has 0 fully saturated rings. The van der Waals surface area contributed by atoms with E-state index in [0.717, 1.165) is 22.3 Å².